The molecule has 0 radical (unpaired) electrons. The third-order valence-electron chi connectivity index (χ3n) is 5.66. The van der Waals surface area contributed by atoms with Gasteiger partial charge in [0.2, 0.25) is 0 Å². The Labute approximate surface area is 180 Å². The molecule has 162 valence electrons. The van der Waals surface area contributed by atoms with E-state index in [9.17, 15) is 14.7 Å². The zero-order valence-corrected chi connectivity index (χ0v) is 17.2. The number of rotatable bonds is 8. The maximum Gasteiger partial charge on any atom is 0.290 e. The summed E-state index contributed by atoms with van der Waals surface area (Å²) in [5.41, 5.74) is 0.818. The number of carbonyl (C=O) groups is 2. The van der Waals surface area contributed by atoms with Gasteiger partial charge < -0.3 is 24.1 Å². The van der Waals surface area contributed by atoms with E-state index in [0.717, 1.165) is 44.8 Å². The van der Waals surface area contributed by atoms with Gasteiger partial charge in [-0.3, -0.25) is 14.6 Å². The predicted molar refractivity (Wildman–Crippen MR) is 112 cm³/mol. The summed E-state index contributed by atoms with van der Waals surface area (Å²) >= 11 is 0. The lowest BCUT2D eigenvalue weighted by Gasteiger charge is -2.28. The Morgan fingerprint density at radius 3 is 2.74 bits per heavy atom. The van der Waals surface area contributed by atoms with Gasteiger partial charge in [-0.15, -0.1) is 0 Å². The minimum atomic E-state index is -0.649. The summed E-state index contributed by atoms with van der Waals surface area (Å²) in [5, 5.41) is 10.6. The van der Waals surface area contributed by atoms with E-state index in [-0.39, 0.29) is 5.57 Å². The molecule has 2 N–H and O–H groups in total. The van der Waals surface area contributed by atoms with Gasteiger partial charge in [-0.2, -0.15) is 0 Å². The third kappa shape index (κ3) is 4.76. The van der Waals surface area contributed by atoms with Crippen LogP contribution in [0.1, 0.15) is 23.8 Å². The van der Waals surface area contributed by atoms with Crippen LogP contribution in [0.5, 0.6) is 0 Å². The molecule has 0 saturated carbocycles. The number of carbonyl (C=O) groups excluding carboxylic acids is 2. The SMILES string of the molecule is O=C(/C=C/c1ccco1)C1=C(O)C(=O)N(CCC[NH+]2CCOCC2)[C@@H]1c1ccncc1. The van der Waals surface area contributed by atoms with Gasteiger partial charge in [0.15, 0.2) is 11.5 Å². The van der Waals surface area contributed by atoms with Gasteiger partial charge in [-0.25, -0.2) is 0 Å². The first-order valence-corrected chi connectivity index (χ1v) is 10.5. The molecule has 0 bridgehead atoms. The van der Waals surface area contributed by atoms with Crippen LogP contribution in [0.3, 0.4) is 0 Å². The molecule has 1 saturated heterocycles. The number of pyridine rings is 1. The molecule has 2 aliphatic rings. The Kier molecular flexibility index (Phi) is 6.59. The quantitative estimate of drug-likeness (QED) is 0.613. The molecule has 2 aromatic rings. The second-order valence-corrected chi connectivity index (χ2v) is 7.62. The summed E-state index contributed by atoms with van der Waals surface area (Å²) in [6.07, 6.45) is 8.37. The molecule has 0 aliphatic carbocycles. The molecule has 8 heteroatoms. The van der Waals surface area contributed by atoms with Gasteiger partial charge in [0.1, 0.15) is 18.8 Å². The number of hydrogen-bond donors (Lipinski definition) is 2. The molecule has 4 rings (SSSR count). The van der Waals surface area contributed by atoms with Crippen LogP contribution in [0.15, 0.2) is 64.7 Å². The molecule has 1 amide bonds. The molecule has 1 fully saturated rings. The zero-order valence-electron chi connectivity index (χ0n) is 17.2. The molecule has 0 unspecified atom stereocenters. The molecular formula is C23H26N3O5+. The normalized spacial score (nSPS) is 20.2. The Hall–Kier alpha value is -3.23. The zero-order chi connectivity index (χ0) is 21.6. The predicted octanol–water partition coefficient (Wildman–Crippen LogP) is 0.958. The number of nitrogens with zero attached hydrogens (tertiary/aromatic N) is 2. The monoisotopic (exact) mass is 424 g/mol. The van der Waals surface area contributed by atoms with Crippen LogP contribution in [0.4, 0.5) is 0 Å². The van der Waals surface area contributed by atoms with Gasteiger partial charge in [0, 0.05) is 25.4 Å². The highest BCUT2D eigenvalue weighted by atomic mass is 16.5. The first-order valence-electron chi connectivity index (χ1n) is 10.5. The number of nitrogens with one attached hydrogen (secondary N) is 1. The van der Waals surface area contributed by atoms with Crippen molar-refractivity contribution in [1.82, 2.24) is 9.88 Å². The second-order valence-electron chi connectivity index (χ2n) is 7.62. The number of hydrogen-bond acceptors (Lipinski definition) is 6. The first kappa shape index (κ1) is 21.0. The van der Waals surface area contributed by atoms with Crippen LogP contribution >= 0.6 is 0 Å². The van der Waals surface area contributed by atoms with E-state index < -0.39 is 23.5 Å². The lowest BCUT2D eigenvalue weighted by Crippen LogP contribution is -3.14. The van der Waals surface area contributed by atoms with Crippen molar-refractivity contribution in [2.75, 3.05) is 39.4 Å². The summed E-state index contributed by atoms with van der Waals surface area (Å²) in [4.78, 5) is 32.9. The van der Waals surface area contributed by atoms with Crippen LogP contribution in [0.2, 0.25) is 0 Å². The fraction of sp³-hybridized carbons (Fsp3) is 0.348. The van der Waals surface area contributed by atoms with Crippen molar-refractivity contribution in [2.24, 2.45) is 0 Å². The standard InChI is InChI=1S/C23H25N3O5/c27-19(5-4-18-3-1-14-31-18)20-21(17-6-8-24-9-7-17)26(23(29)22(20)28)11-2-10-25-12-15-30-16-13-25/h1,3-9,14,21,28H,2,10-13,15-16H2/p+1/b5-4+/t21-/m1/s1. The Balaban J connectivity index is 1.54. The Morgan fingerprint density at radius 2 is 2.03 bits per heavy atom. The average molecular weight is 424 g/mol. The highest BCUT2D eigenvalue weighted by molar-refractivity contribution is 6.14. The molecule has 31 heavy (non-hydrogen) atoms. The van der Waals surface area contributed by atoms with Crippen molar-refractivity contribution in [2.45, 2.75) is 12.5 Å². The van der Waals surface area contributed by atoms with E-state index in [0.29, 0.717) is 12.3 Å². The topological polar surface area (TPSA) is 97.3 Å². The summed E-state index contributed by atoms with van der Waals surface area (Å²) in [6, 6.07) is 6.32. The molecule has 8 nitrogen and oxygen atoms in total. The van der Waals surface area contributed by atoms with Crippen molar-refractivity contribution in [3.8, 4) is 0 Å². The average Bonchev–Trinajstić information content (AvgIpc) is 3.41. The largest absolute Gasteiger partial charge is 0.503 e. The number of ether oxygens (including phenoxy) is 1. The second kappa shape index (κ2) is 9.72. The Morgan fingerprint density at radius 1 is 1.26 bits per heavy atom. The Bertz CT molecular complexity index is 962. The number of aromatic nitrogens is 1. The minimum absolute atomic E-state index is 0.0812. The highest BCUT2D eigenvalue weighted by Gasteiger charge is 2.42. The molecule has 0 aromatic carbocycles. The van der Waals surface area contributed by atoms with E-state index in [1.165, 1.54) is 23.3 Å². The van der Waals surface area contributed by atoms with Crippen molar-refractivity contribution in [3.63, 3.8) is 0 Å². The lowest BCUT2D eigenvalue weighted by molar-refractivity contribution is -0.908. The maximum absolute atomic E-state index is 13.0. The summed E-state index contributed by atoms with van der Waals surface area (Å²) in [7, 11) is 0. The van der Waals surface area contributed by atoms with E-state index in [2.05, 4.69) is 4.98 Å². The van der Waals surface area contributed by atoms with Crippen molar-refractivity contribution in [3.05, 3.63) is 71.7 Å². The molecule has 0 spiro atoms. The van der Waals surface area contributed by atoms with Gasteiger partial charge >= 0.3 is 0 Å². The van der Waals surface area contributed by atoms with Crippen LogP contribution in [-0.2, 0) is 14.3 Å². The van der Waals surface area contributed by atoms with Crippen molar-refractivity contribution < 1.29 is 28.7 Å². The van der Waals surface area contributed by atoms with Crippen LogP contribution in [-0.4, -0.2) is 66.1 Å². The number of furan rings is 1. The number of amides is 1. The number of quaternary nitrogens is 1. The van der Waals surface area contributed by atoms with E-state index >= 15 is 0 Å². The molecule has 4 heterocycles. The molecule has 2 aromatic heterocycles. The van der Waals surface area contributed by atoms with Gasteiger partial charge in [-0.1, -0.05) is 0 Å². The maximum atomic E-state index is 13.0. The third-order valence-corrected chi connectivity index (χ3v) is 5.66. The van der Waals surface area contributed by atoms with Crippen molar-refractivity contribution >= 4 is 17.8 Å². The smallest absolute Gasteiger partial charge is 0.290 e. The van der Waals surface area contributed by atoms with Crippen LogP contribution in [0.25, 0.3) is 6.08 Å². The lowest BCUT2D eigenvalue weighted by atomic mass is 9.96. The number of morpholine rings is 1. The minimum Gasteiger partial charge on any atom is -0.503 e. The summed E-state index contributed by atoms with van der Waals surface area (Å²) in [5.74, 6) is -0.919. The fourth-order valence-corrected chi connectivity index (χ4v) is 4.07. The fourth-order valence-electron chi connectivity index (χ4n) is 4.07. The number of allylic oxidation sites excluding steroid dienone is 1. The van der Waals surface area contributed by atoms with Gasteiger partial charge in [0.25, 0.3) is 5.91 Å². The number of aliphatic hydroxyl groups is 1. The molecule has 1 atom stereocenters. The van der Waals surface area contributed by atoms with Gasteiger partial charge in [0.05, 0.1) is 37.6 Å². The van der Waals surface area contributed by atoms with E-state index in [1.54, 1.807) is 41.6 Å². The number of ketones is 1. The van der Waals surface area contributed by atoms with Crippen molar-refractivity contribution in [1.29, 1.82) is 0 Å². The molecular weight excluding hydrogens is 398 g/mol. The molecule has 2 aliphatic heterocycles. The first-order chi connectivity index (χ1) is 15.1. The van der Waals surface area contributed by atoms with E-state index in [1.807, 2.05) is 0 Å². The highest BCUT2D eigenvalue weighted by Crippen LogP contribution is 2.37. The van der Waals surface area contributed by atoms with Gasteiger partial charge in [-0.05, 0) is 42.0 Å². The summed E-state index contributed by atoms with van der Waals surface area (Å²) < 4.78 is 10.6. The summed E-state index contributed by atoms with van der Waals surface area (Å²) in [6.45, 7) is 4.75. The van der Waals surface area contributed by atoms with Crippen LogP contribution in [0, 0.1) is 0 Å². The van der Waals surface area contributed by atoms with Crippen LogP contribution < -0.4 is 4.90 Å². The van der Waals surface area contributed by atoms with E-state index in [4.69, 9.17) is 9.15 Å². The number of aliphatic hydroxyl groups excluding tert-OH is 1.